The van der Waals surface area contributed by atoms with Crippen LogP contribution in [0.2, 0.25) is 0 Å². The second-order valence-corrected chi connectivity index (χ2v) is 7.32. The Hall–Kier alpha value is -1.94. The third kappa shape index (κ3) is 3.35. The van der Waals surface area contributed by atoms with E-state index in [9.17, 15) is 22.8 Å². The molecule has 0 aromatic carbocycles. The molecule has 1 aromatic rings. The molecule has 0 unspecified atom stereocenters. The number of carbonyl (C=O) groups excluding carboxylic acids is 2. The minimum Gasteiger partial charge on any atom is -0.347 e. The highest BCUT2D eigenvalue weighted by Crippen LogP contribution is 2.58. The lowest BCUT2D eigenvalue weighted by Gasteiger charge is -2.18. The monoisotopic (exact) mass is 432 g/mol. The van der Waals surface area contributed by atoms with Gasteiger partial charge in [-0.3, -0.25) is 14.9 Å². The number of aromatic nitrogens is 1. The molecule has 3 rings (SSSR count). The van der Waals surface area contributed by atoms with Gasteiger partial charge in [0.2, 0.25) is 5.91 Å². The van der Waals surface area contributed by atoms with Gasteiger partial charge in [0, 0.05) is 18.0 Å². The zero-order valence-corrected chi connectivity index (χ0v) is 15.3. The molecule has 0 radical (unpaired) electrons. The Balaban J connectivity index is 1.63. The van der Waals surface area contributed by atoms with Gasteiger partial charge in [0.25, 0.3) is 0 Å². The number of amides is 2. The first-order chi connectivity index (χ1) is 12.0. The molecule has 6 nitrogen and oxygen atoms in total. The second kappa shape index (κ2) is 6.34. The van der Waals surface area contributed by atoms with Crippen molar-refractivity contribution in [3.05, 3.63) is 34.5 Å². The van der Waals surface area contributed by atoms with Crippen molar-refractivity contribution in [2.24, 2.45) is 5.41 Å². The molecule has 2 heterocycles. The molecule has 2 aliphatic rings. The summed E-state index contributed by atoms with van der Waals surface area (Å²) in [6.45, 7) is 5.41. The Morgan fingerprint density at radius 1 is 1.46 bits per heavy atom. The number of carbonyl (C=O) groups is 2. The van der Waals surface area contributed by atoms with Crippen LogP contribution in [-0.4, -0.2) is 41.6 Å². The van der Waals surface area contributed by atoms with Crippen molar-refractivity contribution < 1.29 is 22.8 Å². The maximum absolute atomic E-state index is 12.5. The summed E-state index contributed by atoms with van der Waals surface area (Å²) < 4.78 is 37.6. The quantitative estimate of drug-likeness (QED) is 0.502. The number of halogens is 4. The number of piperidine rings is 1. The number of aryl methyl sites for hydroxylation is 1. The fourth-order valence-corrected chi connectivity index (χ4v) is 3.56. The van der Waals surface area contributed by atoms with E-state index in [0.717, 1.165) is 5.56 Å². The van der Waals surface area contributed by atoms with Gasteiger partial charge >= 0.3 is 12.1 Å². The number of rotatable bonds is 4. The second-order valence-electron chi connectivity index (χ2n) is 6.51. The zero-order valence-electron chi connectivity index (χ0n) is 13.7. The standard InChI is InChI=1S/C16H16BrF3N4O2/c1-7-3-4-10(17)23-12(7)24-13(25)9-5-15(8(2)11(15)22-9)6-21-14(26)16(18,19)20/h3-4,9,11,22H,2,5-6H2,1H3,(H,21,26)(H,23,24,25)/t9-,11+,15+/m0/s1. The predicted octanol–water partition coefficient (Wildman–Crippen LogP) is 2.06. The molecule has 1 saturated heterocycles. The number of hydrogen-bond donors (Lipinski definition) is 3. The van der Waals surface area contributed by atoms with E-state index in [1.165, 1.54) is 0 Å². The Bertz CT molecular complexity index is 798. The van der Waals surface area contributed by atoms with Gasteiger partial charge in [-0.25, -0.2) is 4.98 Å². The molecular formula is C16H16BrF3N4O2. The average molecular weight is 433 g/mol. The summed E-state index contributed by atoms with van der Waals surface area (Å²) in [5.41, 5.74) is 0.755. The van der Waals surface area contributed by atoms with Crippen LogP contribution in [0.5, 0.6) is 0 Å². The summed E-state index contributed by atoms with van der Waals surface area (Å²) in [5.74, 6) is -1.92. The van der Waals surface area contributed by atoms with Crippen LogP contribution in [0, 0.1) is 12.3 Å². The smallest absolute Gasteiger partial charge is 0.347 e. The largest absolute Gasteiger partial charge is 0.471 e. The summed E-state index contributed by atoms with van der Waals surface area (Å²) in [5, 5.41) is 7.66. The molecule has 1 aliphatic heterocycles. The minimum absolute atomic E-state index is 0.209. The van der Waals surface area contributed by atoms with E-state index >= 15 is 0 Å². The summed E-state index contributed by atoms with van der Waals surface area (Å²) in [6.07, 6.45) is -4.68. The lowest BCUT2D eigenvalue weighted by Crippen LogP contribution is -2.41. The molecule has 2 amide bonds. The van der Waals surface area contributed by atoms with Gasteiger partial charge in [-0.2, -0.15) is 13.2 Å². The van der Waals surface area contributed by atoms with Crippen molar-refractivity contribution in [2.45, 2.75) is 31.6 Å². The number of nitrogens with zero attached hydrogens (tertiary/aromatic N) is 1. The number of nitrogens with one attached hydrogen (secondary N) is 3. The Labute approximate surface area is 155 Å². The normalized spacial score (nSPS) is 27.0. The van der Waals surface area contributed by atoms with Crippen LogP contribution in [-0.2, 0) is 9.59 Å². The minimum atomic E-state index is -4.94. The van der Waals surface area contributed by atoms with Crippen LogP contribution in [0.25, 0.3) is 0 Å². The molecule has 0 bridgehead atoms. The van der Waals surface area contributed by atoms with Crippen LogP contribution < -0.4 is 16.0 Å². The van der Waals surface area contributed by atoms with E-state index < -0.39 is 23.5 Å². The van der Waals surface area contributed by atoms with E-state index in [1.54, 1.807) is 19.1 Å². The molecule has 3 N–H and O–H groups in total. The number of anilines is 1. The molecule has 1 saturated carbocycles. The lowest BCUT2D eigenvalue weighted by atomic mass is 9.98. The Morgan fingerprint density at radius 3 is 2.81 bits per heavy atom. The van der Waals surface area contributed by atoms with Gasteiger partial charge in [-0.15, -0.1) is 0 Å². The Morgan fingerprint density at radius 2 is 2.15 bits per heavy atom. The van der Waals surface area contributed by atoms with E-state index in [1.807, 2.05) is 5.32 Å². The maximum atomic E-state index is 12.5. The molecule has 10 heteroatoms. The number of hydrogen-bond acceptors (Lipinski definition) is 4. The van der Waals surface area contributed by atoms with Gasteiger partial charge in [0.1, 0.15) is 10.4 Å². The number of alkyl halides is 3. The Kier molecular flexibility index (Phi) is 4.60. The van der Waals surface area contributed by atoms with Crippen LogP contribution in [0.1, 0.15) is 12.0 Å². The molecule has 0 spiro atoms. The van der Waals surface area contributed by atoms with Crippen molar-refractivity contribution in [1.82, 2.24) is 15.6 Å². The van der Waals surface area contributed by atoms with Crippen molar-refractivity contribution in [2.75, 3.05) is 11.9 Å². The van der Waals surface area contributed by atoms with Gasteiger partial charge in [-0.1, -0.05) is 12.6 Å². The summed E-state index contributed by atoms with van der Waals surface area (Å²) >= 11 is 3.23. The van der Waals surface area contributed by atoms with E-state index in [2.05, 4.69) is 38.1 Å². The summed E-state index contributed by atoms with van der Waals surface area (Å²) in [6, 6.07) is 2.65. The fourth-order valence-electron chi connectivity index (χ4n) is 3.26. The first-order valence-corrected chi connectivity index (χ1v) is 8.58. The SMILES string of the molecule is C=C1[C@H]2N[C@H](C(=O)Nc3nc(Br)ccc3C)C[C@@]12CNC(=O)C(F)(F)F. The lowest BCUT2D eigenvalue weighted by molar-refractivity contribution is -0.173. The fraction of sp³-hybridized carbons (Fsp3) is 0.438. The molecule has 140 valence electrons. The van der Waals surface area contributed by atoms with Crippen LogP contribution >= 0.6 is 15.9 Å². The highest BCUT2D eigenvalue weighted by atomic mass is 79.9. The first kappa shape index (κ1) is 18.8. The average Bonchev–Trinajstić information content (AvgIpc) is 2.92. The number of fused-ring (bicyclic) bond motifs is 1. The van der Waals surface area contributed by atoms with Gasteiger partial charge in [-0.05, 0) is 46.5 Å². The molecular weight excluding hydrogens is 417 g/mol. The van der Waals surface area contributed by atoms with Crippen molar-refractivity contribution in [3.63, 3.8) is 0 Å². The van der Waals surface area contributed by atoms with Crippen LogP contribution in [0.15, 0.2) is 28.9 Å². The van der Waals surface area contributed by atoms with Gasteiger partial charge in [0.05, 0.1) is 6.04 Å². The molecule has 1 aromatic heterocycles. The first-order valence-electron chi connectivity index (χ1n) is 7.79. The highest BCUT2D eigenvalue weighted by Gasteiger charge is 2.65. The van der Waals surface area contributed by atoms with Crippen LogP contribution in [0.3, 0.4) is 0 Å². The predicted molar refractivity (Wildman–Crippen MR) is 91.3 cm³/mol. The van der Waals surface area contributed by atoms with Crippen molar-refractivity contribution in [3.8, 4) is 0 Å². The topological polar surface area (TPSA) is 83.1 Å². The van der Waals surface area contributed by atoms with Crippen LogP contribution in [0.4, 0.5) is 19.0 Å². The zero-order chi connectivity index (χ0) is 19.3. The third-order valence-electron chi connectivity index (χ3n) is 4.84. The van der Waals surface area contributed by atoms with E-state index in [0.29, 0.717) is 16.0 Å². The maximum Gasteiger partial charge on any atom is 0.471 e. The third-order valence-corrected chi connectivity index (χ3v) is 5.28. The van der Waals surface area contributed by atoms with E-state index in [4.69, 9.17) is 0 Å². The highest BCUT2D eigenvalue weighted by molar-refractivity contribution is 9.10. The van der Waals surface area contributed by atoms with Gasteiger partial charge < -0.3 is 10.6 Å². The molecule has 1 aliphatic carbocycles. The molecule has 2 fully saturated rings. The van der Waals surface area contributed by atoms with Crippen molar-refractivity contribution >= 4 is 33.6 Å². The summed E-state index contributed by atoms with van der Waals surface area (Å²) in [7, 11) is 0. The van der Waals surface area contributed by atoms with E-state index in [-0.39, 0.29) is 24.9 Å². The molecule has 3 atom stereocenters. The molecule has 26 heavy (non-hydrogen) atoms. The van der Waals surface area contributed by atoms with Gasteiger partial charge in [0.15, 0.2) is 0 Å². The number of pyridine rings is 1. The summed E-state index contributed by atoms with van der Waals surface area (Å²) in [4.78, 5) is 27.7. The van der Waals surface area contributed by atoms with Crippen molar-refractivity contribution in [1.29, 1.82) is 0 Å².